The molecule has 0 aromatic heterocycles. The summed E-state index contributed by atoms with van der Waals surface area (Å²) in [5, 5.41) is 0. The summed E-state index contributed by atoms with van der Waals surface area (Å²) >= 11 is 0. The minimum Gasteiger partial charge on any atom is -0.497 e. The first-order valence-corrected chi connectivity index (χ1v) is 3.41. The molecule has 0 heterocycles. The van der Waals surface area contributed by atoms with Gasteiger partial charge in [-0.15, -0.1) is 0 Å². The predicted molar refractivity (Wildman–Crippen MR) is 40.8 cm³/mol. The van der Waals surface area contributed by atoms with Crippen molar-refractivity contribution in [2.45, 2.75) is 6.54 Å². The van der Waals surface area contributed by atoms with Gasteiger partial charge in [-0.3, -0.25) is 0 Å². The van der Waals surface area contributed by atoms with Crippen molar-refractivity contribution in [3.8, 4) is 5.75 Å². The normalized spacial score (nSPS) is 10.0. The van der Waals surface area contributed by atoms with Crippen LogP contribution in [0.15, 0.2) is 12.1 Å². The zero-order valence-electron chi connectivity index (χ0n) is 6.60. The molecule has 4 heteroatoms. The Bertz CT molecular complexity index is 289. The summed E-state index contributed by atoms with van der Waals surface area (Å²) in [5.74, 6) is -1.57. The highest BCUT2D eigenvalue weighted by Gasteiger charge is 2.09. The van der Waals surface area contributed by atoms with Gasteiger partial charge in [0.2, 0.25) is 0 Å². The Morgan fingerprint density at radius 3 is 2.58 bits per heavy atom. The molecule has 0 bridgehead atoms. The minimum atomic E-state index is -0.935. The lowest BCUT2D eigenvalue weighted by Gasteiger charge is -2.04. The summed E-state index contributed by atoms with van der Waals surface area (Å²) < 4.78 is 30.2. The van der Waals surface area contributed by atoms with Crippen LogP contribution in [0.5, 0.6) is 5.75 Å². The van der Waals surface area contributed by atoms with Gasteiger partial charge in [0.15, 0.2) is 11.6 Å². The standard InChI is InChI=1S/C8H9F2NO/c1-12-6-2-5(4-11)8(10)7(9)3-6/h2-3H,4,11H2,1H3. The molecule has 2 N–H and O–H groups in total. The van der Waals surface area contributed by atoms with Gasteiger partial charge in [-0.2, -0.15) is 0 Å². The van der Waals surface area contributed by atoms with Crippen LogP contribution in [0.4, 0.5) is 8.78 Å². The molecular formula is C8H9F2NO. The average Bonchev–Trinajstić information content (AvgIpc) is 2.09. The minimum absolute atomic E-state index is 0.0417. The van der Waals surface area contributed by atoms with Crippen LogP contribution in [0, 0.1) is 11.6 Å². The van der Waals surface area contributed by atoms with E-state index in [1.165, 1.54) is 13.2 Å². The third-order valence-electron chi connectivity index (χ3n) is 1.53. The molecule has 0 radical (unpaired) electrons. The van der Waals surface area contributed by atoms with Crippen LogP contribution < -0.4 is 10.5 Å². The number of rotatable bonds is 2. The molecule has 2 nitrogen and oxygen atoms in total. The highest BCUT2D eigenvalue weighted by Crippen LogP contribution is 2.19. The van der Waals surface area contributed by atoms with E-state index in [0.717, 1.165) is 6.07 Å². The summed E-state index contributed by atoms with van der Waals surface area (Å²) in [6.07, 6.45) is 0. The number of halogens is 2. The molecule has 1 aromatic rings. The molecule has 0 unspecified atom stereocenters. The van der Waals surface area contributed by atoms with E-state index < -0.39 is 11.6 Å². The van der Waals surface area contributed by atoms with Crippen molar-refractivity contribution in [3.05, 3.63) is 29.3 Å². The Balaban J connectivity index is 3.19. The third kappa shape index (κ3) is 1.53. The van der Waals surface area contributed by atoms with Gasteiger partial charge in [0.1, 0.15) is 5.75 Å². The number of ether oxygens (including phenoxy) is 1. The lowest BCUT2D eigenvalue weighted by atomic mass is 10.2. The molecule has 0 atom stereocenters. The molecular weight excluding hydrogens is 164 g/mol. The molecule has 1 aromatic carbocycles. The van der Waals surface area contributed by atoms with Gasteiger partial charge >= 0.3 is 0 Å². The predicted octanol–water partition coefficient (Wildman–Crippen LogP) is 1.43. The highest BCUT2D eigenvalue weighted by molar-refractivity contribution is 5.30. The summed E-state index contributed by atoms with van der Waals surface area (Å²) in [5.41, 5.74) is 5.30. The average molecular weight is 173 g/mol. The Hall–Kier alpha value is -1.16. The second kappa shape index (κ2) is 3.49. The van der Waals surface area contributed by atoms with Crippen LogP contribution in [0.3, 0.4) is 0 Å². The molecule has 0 saturated heterocycles. The Kier molecular flexibility index (Phi) is 2.60. The van der Waals surface area contributed by atoms with Crippen LogP contribution >= 0.6 is 0 Å². The van der Waals surface area contributed by atoms with Crippen molar-refractivity contribution < 1.29 is 13.5 Å². The van der Waals surface area contributed by atoms with E-state index in [1.807, 2.05) is 0 Å². The van der Waals surface area contributed by atoms with Crippen LogP contribution in [0.2, 0.25) is 0 Å². The number of nitrogens with two attached hydrogens (primary N) is 1. The van der Waals surface area contributed by atoms with Crippen molar-refractivity contribution in [2.75, 3.05) is 7.11 Å². The molecule has 0 spiro atoms. The van der Waals surface area contributed by atoms with Crippen LogP contribution in [0.25, 0.3) is 0 Å². The Labute approximate surface area is 68.9 Å². The molecule has 0 saturated carbocycles. The van der Waals surface area contributed by atoms with Gasteiger partial charge in [-0.05, 0) is 6.07 Å². The first-order chi connectivity index (χ1) is 5.69. The van der Waals surface area contributed by atoms with E-state index in [-0.39, 0.29) is 17.9 Å². The second-order valence-corrected chi connectivity index (χ2v) is 2.29. The Morgan fingerprint density at radius 1 is 1.42 bits per heavy atom. The molecule has 66 valence electrons. The van der Waals surface area contributed by atoms with Crippen molar-refractivity contribution in [1.82, 2.24) is 0 Å². The van der Waals surface area contributed by atoms with Gasteiger partial charge < -0.3 is 10.5 Å². The summed E-state index contributed by atoms with van der Waals surface area (Å²) in [4.78, 5) is 0. The number of methoxy groups -OCH3 is 1. The van der Waals surface area contributed by atoms with Crippen molar-refractivity contribution in [3.63, 3.8) is 0 Å². The number of benzene rings is 1. The van der Waals surface area contributed by atoms with Crippen molar-refractivity contribution >= 4 is 0 Å². The maximum absolute atomic E-state index is 12.8. The molecule has 0 fully saturated rings. The maximum atomic E-state index is 12.8. The fourth-order valence-electron chi connectivity index (χ4n) is 0.885. The molecule has 12 heavy (non-hydrogen) atoms. The molecule has 0 aliphatic heterocycles. The molecule has 0 aliphatic carbocycles. The Morgan fingerprint density at radius 2 is 2.08 bits per heavy atom. The zero-order valence-corrected chi connectivity index (χ0v) is 6.60. The second-order valence-electron chi connectivity index (χ2n) is 2.29. The summed E-state index contributed by atoms with van der Waals surface area (Å²) in [6.45, 7) is -0.0417. The van der Waals surface area contributed by atoms with E-state index in [2.05, 4.69) is 0 Å². The van der Waals surface area contributed by atoms with E-state index in [4.69, 9.17) is 10.5 Å². The smallest absolute Gasteiger partial charge is 0.163 e. The van der Waals surface area contributed by atoms with Gasteiger partial charge in [-0.1, -0.05) is 0 Å². The quantitative estimate of drug-likeness (QED) is 0.734. The summed E-state index contributed by atoms with van der Waals surface area (Å²) in [6, 6.07) is 2.35. The van der Waals surface area contributed by atoms with Gasteiger partial charge in [0.25, 0.3) is 0 Å². The van der Waals surface area contributed by atoms with Gasteiger partial charge in [0.05, 0.1) is 7.11 Å². The number of hydrogen-bond acceptors (Lipinski definition) is 2. The first-order valence-electron chi connectivity index (χ1n) is 3.41. The highest BCUT2D eigenvalue weighted by atomic mass is 19.2. The molecule has 0 amide bonds. The van der Waals surface area contributed by atoms with Gasteiger partial charge in [0, 0.05) is 18.2 Å². The largest absolute Gasteiger partial charge is 0.497 e. The third-order valence-corrected chi connectivity index (χ3v) is 1.53. The maximum Gasteiger partial charge on any atom is 0.163 e. The van der Waals surface area contributed by atoms with E-state index in [1.54, 1.807) is 0 Å². The van der Waals surface area contributed by atoms with Crippen molar-refractivity contribution in [2.24, 2.45) is 5.73 Å². The monoisotopic (exact) mass is 173 g/mol. The van der Waals surface area contributed by atoms with Gasteiger partial charge in [-0.25, -0.2) is 8.78 Å². The number of hydrogen-bond donors (Lipinski definition) is 1. The fraction of sp³-hybridized carbons (Fsp3) is 0.250. The lowest BCUT2D eigenvalue weighted by Crippen LogP contribution is -2.02. The van der Waals surface area contributed by atoms with Crippen molar-refractivity contribution in [1.29, 1.82) is 0 Å². The topological polar surface area (TPSA) is 35.2 Å². The zero-order chi connectivity index (χ0) is 9.14. The van der Waals surface area contributed by atoms with Crippen LogP contribution in [0.1, 0.15) is 5.56 Å². The lowest BCUT2D eigenvalue weighted by molar-refractivity contribution is 0.404. The van der Waals surface area contributed by atoms with E-state index in [9.17, 15) is 8.78 Å². The first kappa shape index (κ1) is 8.93. The van der Waals surface area contributed by atoms with Crippen LogP contribution in [-0.2, 0) is 6.54 Å². The van der Waals surface area contributed by atoms with Crippen LogP contribution in [-0.4, -0.2) is 7.11 Å². The summed E-state index contributed by atoms with van der Waals surface area (Å²) in [7, 11) is 1.38. The molecule has 1 rings (SSSR count). The van der Waals surface area contributed by atoms with E-state index >= 15 is 0 Å². The fourth-order valence-corrected chi connectivity index (χ4v) is 0.885. The molecule has 0 aliphatic rings. The SMILES string of the molecule is COc1cc(F)c(F)c(CN)c1. The van der Waals surface area contributed by atoms with E-state index in [0.29, 0.717) is 0 Å².